The number of rotatable bonds is 7. The van der Waals surface area contributed by atoms with Crippen LogP contribution in [-0.2, 0) is 9.53 Å². The molecular formula is C31H38N2O5. The van der Waals surface area contributed by atoms with Crippen LogP contribution >= 0.6 is 0 Å². The molecule has 38 heavy (non-hydrogen) atoms. The summed E-state index contributed by atoms with van der Waals surface area (Å²) in [6.07, 6.45) is 7.59. The largest absolute Gasteiger partial charge is 0.481 e. The van der Waals surface area contributed by atoms with Crippen molar-refractivity contribution < 1.29 is 24.2 Å². The van der Waals surface area contributed by atoms with Crippen LogP contribution in [0.1, 0.15) is 86.1 Å². The number of hydrogen-bond acceptors (Lipinski definition) is 5. The number of carboxylic acid groups (broad SMARTS) is 1. The Balaban J connectivity index is 1.35. The Bertz CT molecular complexity index is 1170. The molecule has 3 fully saturated rings. The molecule has 7 atom stereocenters. The first-order chi connectivity index (χ1) is 18.2. The number of aromatic nitrogens is 1. The number of carbonyl (C=O) groups is 3. The second-order valence-corrected chi connectivity index (χ2v) is 12.0. The van der Waals surface area contributed by atoms with E-state index in [0.29, 0.717) is 35.4 Å². The molecule has 2 N–H and O–H groups in total. The van der Waals surface area contributed by atoms with Gasteiger partial charge in [0.05, 0.1) is 5.56 Å². The Labute approximate surface area is 224 Å². The van der Waals surface area contributed by atoms with Crippen LogP contribution in [0.3, 0.4) is 0 Å². The minimum absolute atomic E-state index is 0.0783. The maximum atomic E-state index is 13.1. The van der Waals surface area contributed by atoms with Crippen molar-refractivity contribution in [2.24, 2.45) is 28.6 Å². The van der Waals surface area contributed by atoms with Gasteiger partial charge in [0.2, 0.25) is 0 Å². The fraction of sp³-hybridized carbons (Fsp3) is 0.548. The lowest BCUT2D eigenvalue weighted by Gasteiger charge is -2.58. The van der Waals surface area contributed by atoms with Gasteiger partial charge in [-0.15, -0.1) is 0 Å². The van der Waals surface area contributed by atoms with Crippen LogP contribution in [0.2, 0.25) is 0 Å². The molecule has 5 rings (SSSR count). The molecule has 3 aliphatic rings. The molecule has 0 radical (unpaired) electrons. The molecule has 7 heteroatoms. The fourth-order valence-electron chi connectivity index (χ4n) is 8.08. The first-order valence-corrected chi connectivity index (χ1v) is 13.9. The van der Waals surface area contributed by atoms with Gasteiger partial charge in [0.15, 0.2) is 0 Å². The zero-order valence-corrected chi connectivity index (χ0v) is 22.3. The van der Waals surface area contributed by atoms with Gasteiger partial charge in [0.25, 0.3) is 5.91 Å². The highest BCUT2D eigenvalue weighted by Crippen LogP contribution is 2.64. The van der Waals surface area contributed by atoms with Crippen molar-refractivity contribution in [2.45, 2.75) is 77.4 Å². The summed E-state index contributed by atoms with van der Waals surface area (Å²) < 4.78 is 6.12. The number of nitrogens with zero attached hydrogens (tertiary/aromatic N) is 1. The lowest BCUT2D eigenvalue weighted by molar-refractivity contribution is -0.139. The van der Waals surface area contributed by atoms with Crippen molar-refractivity contribution in [3.63, 3.8) is 0 Å². The molecule has 1 aromatic carbocycles. The van der Waals surface area contributed by atoms with Crippen molar-refractivity contribution in [2.75, 3.05) is 0 Å². The van der Waals surface area contributed by atoms with Gasteiger partial charge in [-0.2, -0.15) is 0 Å². The third-order valence-electron chi connectivity index (χ3n) is 10.1. The highest BCUT2D eigenvalue weighted by atomic mass is 16.5. The maximum Gasteiger partial charge on any atom is 0.338 e. The maximum absolute atomic E-state index is 13.1. The van der Waals surface area contributed by atoms with Crippen LogP contribution in [0.25, 0.3) is 0 Å². The van der Waals surface area contributed by atoms with Crippen LogP contribution in [0, 0.1) is 28.6 Å². The van der Waals surface area contributed by atoms with Gasteiger partial charge in [-0.25, -0.2) is 4.79 Å². The van der Waals surface area contributed by atoms with E-state index in [0.717, 1.165) is 38.5 Å². The Hall–Kier alpha value is -3.22. The highest BCUT2D eigenvalue weighted by molar-refractivity contribution is 5.92. The normalized spacial score (nSPS) is 34.0. The van der Waals surface area contributed by atoms with E-state index in [1.54, 1.807) is 36.5 Å². The zero-order valence-electron chi connectivity index (χ0n) is 22.3. The first kappa shape index (κ1) is 26.4. The Kier molecular flexibility index (Phi) is 7.30. The monoisotopic (exact) mass is 518 g/mol. The summed E-state index contributed by atoms with van der Waals surface area (Å²) >= 11 is 0. The van der Waals surface area contributed by atoms with Crippen LogP contribution < -0.4 is 5.32 Å². The van der Waals surface area contributed by atoms with Gasteiger partial charge >= 0.3 is 11.9 Å². The number of pyridine rings is 1. The van der Waals surface area contributed by atoms with Crippen molar-refractivity contribution in [3.05, 3.63) is 66.0 Å². The van der Waals surface area contributed by atoms with E-state index in [1.165, 1.54) is 0 Å². The average molecular weight is 519 g/mol. The first-order valence-electron chi connectivity index (χ1n) is 13.9. The molecule has 0 unspecified atom stereocenters. The van der Waals surface area contributed by atoms with Gasteiger partial charge < -0.3 is 15.2 Å². The van der Waals surface area contributed by atoms with Crippen molar-refractivity contribution >= 4 is 17.8 Å². The molecule has 3 saturated carbocycles. The standard InChI is InChI=1S/C31H38N2O5/c1-30(18-16-27(34)35)23-15-17-31(2)22(12-14-26(31)38-29(37)20-8-4-3-5-9-20)21(23)11-13-25(30)33-28(36)24-10-6-7-19-32-24/h3-10,19,21-23,25-26H,11-18H2,1-2H3,(H,33,36)(H,34,35)/t21-,22-,23-,25+,26-,30+,31-/m0/s1. The second kappa shape index (κ2) is 10.5. The summed E-state index contributed by atoms with van der Waals surface area (Å²) in [5.74, 6) is -0.150. The summed E-state index contributed by atoms with van der Waals surface area (Å²) in [5, 5.41) is 12.8. The molecule has 7 nitrogen and oxygen atoms in total. The molecular weight excluding hydrogens is 480 g/mol. The van der Waals surface area contributed by atoms with Crippen LogP contribution in [0.15, 0.2) is 54.7 Å². The molecule has 1 heterocycles. The van der Waals surface area contributed by atoms with Gasteiger partial charge in [0, 0.05) is 24.1 Å². The lowest BCUT2D eigenvalue weighted by atomic mass is 9.48. The molecule has 0 aliphatic heterocycles. The Morgan fingerprint density at radius 2 is 1.74 bits per heavy atom. The van der Waals surface area contributed by atoms with Gasteiger partial charge in [-0.1, -0.05) is 38.1 Å². The molecule has 1 aromatic heterocycles. The number of ether oxygens (including phenoxy) is 1. The molecule has 0 spiro atoms. The predicted octanol–water partition coefficient (Wildman–Crippen LogP) is 5.51. The number of carbonyl (C=O) groups excluding carboxylic acids is 2. The number of aliphatic carboxylic acids is 1. The van der Waals surface area contributed by atoms with E-state index in [-0.39, 0.29) is 41.3 Å². The quantitative estimate of drug-likeness (QED) is 0.468. The minimum atomic E-state index is -0.808. The summed E-state index contributed by atoms with van der Waals surface area (Å²) in [7, 11) is 0. The Morgan fingerprint density at radius 3 is 2.45 bits per heavy atom. The third kappa shape index (κ3) is 4.83. The summed E-state index contributed by atoms with van der Waals surface area (Å²) in [6.45, 7) is 4.47. The topological polar surface area (TPSA) is 106 Å². The van der Waals surface area contributed by atoms with Crippen LogP contribution in [-0.4, -0.2) is 40.1 Å². The summed E-state index contributed by atoms with van der Waals surface area (Å²) in [4.78, 5) is 41.8. The molecule has 1 amide bonds. The summed E-state index contributed by atoms with van der Waals surface area (Å²) in [6, 6.07) is 14.3. The van der Waals surface area contributed by atoms with E-state index >= 15 is 0 Å². The Morgan fingerprint density at radius 1 is 0.974 bits per heavy atom. The SMILES string of the molecule is C[C@]1(CCC(=O)O)[C@H](NC(=O)c2ccccn2)CC[C@@H]2[C@@H]1CC[C@]1(C)[C@@H](OC(=O)c3ccccc3)CC[C@@H]21. The number of carboxylic acids is 1. The molecule has 2 aromatic rings. The van der Waals surface area contributed by atoms with E-state index in [9.17, 15) is 19.5 Å². The second-order valence-electron chi connectivity index (χ2n) is 12.0. The third-order valence-corrected chi connectivity index (χ3v) is 10.1. The highest BCUT2D eigenvalue weighted by Gasteiger charge is 2.60. The molecule has 0 bridgehead atoms. The van der Waals surface area contributed by atoms with Crippen LogP contribution in [0.4, 0.5) is 0 Å². The number of esters is 1. The number of amides is 1. The lowest BCUT2D eigenvalue weighted by Crippen LogP contribution is -2.59. The zero-order chi connectivity index (χ0) is 26.9. The number of hydrogen-bond donors (Lipinski definition) is 2. The molecule has 202 valence electrons. The van der Waals surface area contributed by atoms with Gasteiger partial charge in [-0.3, -0.25) is 14.6 Å². The van der Waals surface area contributed by atoms with Crippen molar-refractivity contribution in [1.82, 2.24) is 10.3 Å². The summed E-state index contributed by atoms with van der Waals surface area (Å²) in [5.41, 5.74) is 0.527. The van der Waals surface area contributed by atoms with E-state index < -0.39 is 5.97 Å². The number of benzene rings is 1. The average Bonchev–Trinajstić information content (AvgIpc) is 3.26. The fourth-order valence-corrected chi connectivity index (χ4v) is 8.08. The number of nitrogens with one attached hydrogen (secondary N) is 1. The van der Waals surface area contributed by atoms with E-state index in [1.807, 2.05) is 18.2 Å². The van der Waals surface area contributed by atoms with Crippen molar-refractivity contribution in [1.29, 1.82) is 0 Å². The van der Waals surface area contributed by atoms with Crippen molar-refractivity contribution in [3.8, 4) is 0 Å². The van der Waals surface area contributed by atoms with E-state index in [4.69, 9.17) is 4.74 Å². The minimum Gasteiger partial charge on any atom is -0.481 e. The smallest absolute Gasteiger partial charge is 0.338 e. The van der Waals surface area contributed by atoms with Crippen LogP contribution in [0.5, 0.6) is 0 Å². The molecule has 0 saturated heterocycles. The number of fused-ring (bicyclic) bond motifs is 3. The molecule has 3 aliphatic carbocycles. The van der Waals surface area contributed by atoms with E-state index in [2.05, 4.69) is 24.1 Å². The predicted molar refractivity (Wildman–Crippen MR) is 142 cm³/mol. The van der Waals surface area contributed by atoms with Gasteiger partial charge in [0.1, 0.15) is 11.8 Å². The van der Waals surface area contributed by atoms with Gasteiger partial charge in [-0.05, 0) is 92.4 Å².